The molecule has 1 N–H and O–H groups in total. The zero-order valence-electron chi connectivity index (χ0n) is 17.5. The third-order valence-electron chi connectivity index (χ3n) is 4.94. The number of benzene rings is 2. The van der Waals surface area contributed by atoms with E-state index in [0.29, 0.717) is 5.56 Å². The lowest BCUT2D eigenvalue weighted by Gasteiger charge is -2.33. The van der Waals surface area contributed by atoms with Gasteiger partial charge in [-0.15, -0.1) is 0 Å². The fourth-order valence-electron chi connectivity index (χ4n) is 3.18. The molecule has 0 saturated heterocycles. The van der Waals surface area contributed by atoms with Crippen molar-refractivity contribution < 1.29 is 36.2 Å². The Kier molecular flexibility index (Phi) is 5.80. The first-order chi connectivity index (χ1) is 15.9. The van der Waals surface area contributed by atoms with Crippen LogP contribution in [0.5, 0.6) is 17.2 Å². The highest BCUT2D eigenvalue weighted by atomic mass is 35.5. The van der Waals surface area contributed by atoms with E-state index in [0.717, 1.165) is 6.07 Å². The second kappa shape index (κ2) is 8.35. The van der Waals surface area contributed by atoms with Crippen molar-refractivity contribution >= 4 is 23.2 Å². The van der Waals surface area contributed by atoms with Gasteiger partial charge in [0.1, 0.15) is 5.82 Å². The molecule has 180 valence electrons. The fraction of sp³-hybridized carbons (Fsp3) is 0.238. The Morgan fingerprint density at radius 1 is 1.15 bits per heavy atom. The first-order valence-corrected chi connectivity index (χ1v) is 9.93. The Morgan fingerprint density at radius 3 is 2.53 bits per heavy atom. The first-order valence-electron chi connectivity index (χ1n) is 9.55. The van der Waals surface area contributed by atoms with Crippen molar-refractivity contribution in [1.29, 1.82) is 0 Å². The van der Waals surface area contributed by atoms with Crippen molar-refractivity contribution in [1.82, 2.24) is 9.55 Å². The number of nitrogens with one attached hydrogen (secondary N) is 1. The highest BCUT2D eigenvalue weighted by Crippen LogP contribution is 2.49. The van der Waals surface area contributed by atoms with Crippen molar-refractivity contribution in [2.45, 2.75) is 25.7 Å². The van der Waals surface area contributed by atoms with Crippen LogP contribution in [0.4, 0.5) is 33.6 Å². The molecule has 2 aromatic carbocycles. The molecule has 1 aliphatic rings. The third kappa shape index (κ3) is 4.20. The number of rotatable bonds is 5. The van der Waals surface area contributed by atoms with Crippen LogP contribution in [0.15, 0.2) is 41.3 Å². The van der Waals surface area contributed by atoms with E-state index in [1.807, 2.05) is 0 Å². The maximum absolute atomic E-state index is 13.7. The molecule has 0 spiro atoms. The lowest BCUT2D eigenvalue weighted by atomic mass is 10.1. The van der Waals surface area contributed by atoms with E-state index in [4.69, 9.17) is 16.3 Å². The van der Waals surface area contributed by atoms with Gasteiger partial charge in [0.25, 0.3) is 0 Å². The standard InChI is InChI=1S/C21H15ClF5N3O4/c1-10-14(5-6-15-17(10)34-21(26,27)20(24,25)33-15)28-19-29-18(31)16(32-2)9-30(19)8-11-3-4-13(23)12(22)7-11/h3-7,9H,8H2,1-2H3,(H,28,29,31). The lowest BCUT2D eigenvalue weighted by molar-refractivity contribution is -0.391. The first kappa shape index (κ1) is 23.6. The van der Waals surface area contributed by atoms with Gasteiger partial charge in [0.05, 0.1) is 24.9 Å². The number of anilines is 2. The average molecular weight is 504 g/mol. The van der Waals surface area contributed by atoms with Crippen LogP contribution in [0, 0.1) is 12.7 Å². The molecule has 0 aliphatic carbocycles. The topological polar surface area (TPSA) is 74.6 Å². The number of fused-ring (bicyclic) bond motifs is 1. The Balaban J connectivity index is 1.74. The predicted molar refractivity (Wildman–Crippen MR) is 111 cm³/mol. The van der Waals surface area contributed by atoms with Gasteiger partial charge in [0.15, 0.2) is 11.5 Å². The summed E-state index contributed by atoms with van der Waals surface area (Å²) in [7, 11) is 1.27. The van der Waals surface area contributed by atoms with E-state index in [2.05, 4.69) is 19.8 Å². The molecule has 2 heterocycles. The average Bonchev–Trinajstić information content (AvgIpc) is 2.76. The molecule has 1 aromatic heterocycles. The van der Waals surface area contributed by atoms with Crippen molar-refractivity contribution in [3.63, 3.8) is 0 Å². The molecular weight excluding hydrogens is 489 g/mol. The van der Waals surface area contributed by atoms with Crippen LogP contribution in [0.1, 0.15) is 11.1 Å². The van der Waals surface area contributed by atoms with E-state index in [-0.39, 0.29) is 34.5 Å². The maximum atomic E-state index is 13.7. The zero-order valence-corrected chi connectivity index (χ0v) is 18.2. The van der Waals surface area contributed by atoms with Crippen molar-refractivity contribution in [2.24, 2.45) is 0 Å². The van der Waals surface area contributed by atoms with Crippen LogP contribution in [0.3, 0.4) is 0 Å². The molecule has 3 aromatic rings. The van der Waals surface area contributed by atoms with Crippen molar-refractivity contribution in [2.75, 3.05) is 12.4 Å². The summed E-state index contributed by atoms with van der Waals surface area (Å²) in [6.45, 7) is 1.38. The third-order valence-corrected chi connectivity index (χ3v) is 5.23. The molecule has 0 bridgehead atoms. The fourth-order valence-corrected chi connectivity index (χ4v) is 3.39. The quantitative estimate of drug-likeness (QED) is 0.488. The Bertz CT molecular complexity index is 1330. The van der Waals surface area contributed by atoms with Gasteiger partial charge in [-0.05, 0) is 36.8 Å². The molecule has 4 rings (SSSR count). The number of nitrogens with zero attached hydrogens (tertiary/aromatic N) is 2. The summed E-state index contributed by atoms with van der Waals surface area (Å²) in [5.74, 6) is -1.95. The molecule has 13 heteroatoms. The molecule has 34 heavy (non-hydrogen) atoms. The van der Waals surface area contributed by atoms with Crippen molar-refractivity contribution in [3.05, 3.63) is 68.8 Å². The summed E-state index contributed by atoms with van der Waals surface area (Å²) in [4.78, 5) is 16.2. The minimum absolute atomic E-state index is 0.00545. The van der Waals surface area contributed by atoms with E-state index < -0.39 is 35.1 Å². The number of hydrogen-bond donors (Lipinski definition) is 1. The monoisotopic (exact) mass is 503 g/mol. The number of methoxy groups -OCH3 is 1. The molecular formula is C21H15ClF5N3O4. The zero-order chi connectivity index (χ0) is 24.8. The largest absolute Gasteiger partial charge is 0.507 e. The SMILES string of the molecule is COc1cn(Cc2ccc(F)c(Cl)c2)c(Nc2ccc3c(c2C)OC(F)(F)C(F)(F)O3)nc1=O. The molecule has 0 saturated carbocycles. The van der Waals surface area contributed by atoms with Crippen LogP contribution in [-0.2, 0) is 6.54 Å². The smallest absolute Gasteiger partial charge is 0.490 e. The minimum Gasteiger partial charge on any atom is -0.490 e. The Morgan fingerprint density at radius 2 is 1.85 bits per heavy atom. The number of hydrogen-bond acceptors (Lipinski definition) is 6. The van der Waals surface area contributed by atoms with Gasteiger partial charge in [-0.25, -0.2) is 4.39 Å². The van der Waals surface area contributed by atoms with Gasteiger partial charge in [0.2, 0.25) is 11.7 Å². The van der Waals surface area contributed by atoms with Crippen LogP contribution in [0.25, 0.3) is 0 Å². The van der Waals surface area contributed by atoms with E-state index >= 15 is 0 Å². The molecule has 0 unspecified atom stereocenters. The highest BCUT2D eigenvalue weighted by Gasteiger charge is 2.66. The number of alkyl halides is 4. The molecule has 0 fully saturated rings. The molecule has 7 nitrogen and oxygen atoms in total. The lowest BCUT2D eigenvalue weighted by Crippen LogP contribution is -2.52. The predicted octanol–water partition coefficient (Wildman–Crippen LogP) is 5.10. The Hall–Kier alpha value is -3.54. The molecule has 1 aliphatic heterocycles. The number of aromatic nitrogens is 2. The highest BCUT2D eigenvalue weighted by molar-refractivity contribution is 6.30. The number of halogens is 6. The van der Waals surface area contributed by atoms with Crippen LogP contribution in [0.2, 0.25) is 5.02 Å². The Labute approximate surface area is 193 Å². The summed E-state index contributed by atoms with van der Waals surface area (Å²) >= 11 is 5.83. The van der Waals surface area contributed by atoms with Gasteiger partial charge in [-0.2, -0.15) is 22.5 Å². The molecule has 0 amide bonds. The summed E-state index contributed by atoms with van der Waals surface area (Å²) in [6, 6.07) is 6.29. The van der Waals surface area contributed by atoms with Crippen LogP contribution < -0.4 is 25.1 Å². The van der Waals surface area contributed by atoms with E-state index in [9.17, 15) is 26.7 Å². The minimum atomic E-state index is -4.90. The maximum Gasteiger partial charge on any atom is 0.507 e. The number of ether oxygens (including phenoxy) is 3. The van der Waals surface area contributed by atoms with Gasteiger partial charge in [0, 0.05) is 11.3 Å². The summed E-state index contributed by atoms with van der Waals surface area (Å²) in [5.41, 5.74) is -0.0806. The van der Waals surface area contributed by atoms with Gasteiger partial charge in [-0.1, -0.05) is 17.7 Å². The van der Waals surface area contributed by atoms with Crippen molar-refractivity contribution in [3.8, 4) is 17.2 Å². The van der Waals surface area contributed by atoms with Crippen LogP contribution in [-0.4, -0.2) is 28.9 Å². The van der Waals surface area contributed by atoms with E-state index in [1.54, 1.807) is 0 Å². The van der Waals surface area contributed by atoms with Gasteiger partial charge in [-0.3, -0.25) is 4.79 Å². The second-order valence-electron chi connectivity index (χ2n) is 7.24. The summed E-state index contributed by atoms with van der Waals surface area (Å²) < 4.78 is 82.6. The van der Waals surface area contributed by atoms with Gasteiger partial charge >= 0.3 is 17.8 Å². The second-order valence-corrected chi connectivity index (χ2v) is 7.65. The normalized spacial score (nSPS) is 15.6. The summed E-state index contributed by atoms with van der Waals surface area (Å²) in [6.07, 6.45) is -8.42. The van der Waals surface area contributed by atoms with Crippen LogP contribution >= 0.6 is 11.6 Å². The van der Waals surface area contributed by atoms with E-state index in [1.165, 1.54) is 49.1 Å². The molecule has 0 radical (unpaired) electrons. The molecule has 0 atom stereocenters. The van der Waals surface area contributed by atoms with Gasteiger partial charge < -0.3 is 24.1 Å². The summed E-state index contributed by atoms with van der Waals surface area (Å²) in [5, 5.41) is 2.68.